The van der Waals surface area contributed by atoms with Crippen molar-refractivity contribution in [3.8, 4) is 50.4 Å². The number of benzene rings is 21. The van der Waals surface area contributed by atoms with Crippen LogP contribution in [-0.2, 0) is 10.8 Å². The summed E-state index contributed by atoms with van der Waals surface area (Å²) in [7, 11) is 0. The minimum absolute atomic E-state index is 0.0484. The van der Waals surface area contributed by atoms with E-state index in [1.807, 2.05) is 11.3 Å². The lowest BCUT2D eigenvalue weighted by atomic mass is 9.82. The lowest BCUT2D eigenvalue weighted by molar-refractivity contribution is 0.660. The Labute approximate surface area is 728 Å². The van der Waals surface area contributed by atoms with Gasteiger partial charge in [-0.05, 0) is 217 Å². The summed E-state index contributed by atoms with van der Waals surface area (Å²) in [5.74, 6) is 0. The molecule has 0 saturated carbocycles. The second-order valence-electron chi connectivity index (χ2n) is 35.6. The topological polar surface area (TPSA) is 41.1 Å². The third kappa shape index (κ3) is 10.2. The molecule has 6 aromatic heterocycles. The van der Waals surface area contributed by atoms with Gasteiger partial charge in [0.1, 0.15) is 22.3 Å². The summed E-state index contributed by atoms with van der Waals surface area (Å²) in [6.07, 6.45) is 0. The van der Waals surface area contributed by atoms with E-state index in [0.717, 1.165) is 49.8 Å². The fraction of sp³-hybridized carbons (Fsp3) is 0.0500. The van der Waals surface area contributed by atoms with Gasteiger partial charge < -0.3 is 22.5 Å². The number of hydrogen-bond acceptors (Lipinski definition) is 3. The summed E-state index contributed by atoms with van der Waals surface area (Å²) < 4.78 is 23.1. The number of furan rings is 2. The standard InChI is InChI=1S/C41H27NO.C41H27NS.C38H23NO/c2*1-41(2)33-14-8-7-13-29(33)30-18-17-26(21-34(30)41)42-35-19-15-24-9-3-5-11-27(24)39(35)31-22-32-38(23-36(31)42)43-37-20-16-25-10-4-6-12-28(25)40(32)37;1-2-9-24(10-3-1)27-13-8-14-28(21-27)39-33-19-17-25-11-4-6-15-29(25)37(33)31-22-32-36(23-34(31)39)40-35-20-18-26-12-5-7-16-30(26)38(32)35/h2*3-23H,1-2H3;1-23H. The molecule has 0 atom stereocenters. The van der Waals surface area contributed by atoms with E-state index in [1.54, 1.807) is 0 Å². The molecule has 0 unspecified atom stereocenters. The molecule has 21 aromatic carbocycles. The van der Waals surface area contributed by atoms with Gasteiger partial charge in [-0.25, -0.2) is 0 Å². The van der Waals surface area contributed by atoms with Crippen LogP contribution in [0.15, 0.2) is 403 Å². The van der Waals surface area contributed by atoms with Crippen molar-refractivity contribution in [3.63, 3.8) is 0 Å². The molecule has 0 fully saturated rings. The molecule has 29 rings (SSSR count). The van der Waals surface area contributed by atoms with Crippen molar-refractivity contribution in [1.82, 2.24) is 13.7 Å². The van der Waals surface area contributed by atoms with Crippen molar-refractivity contribution in [2.75, 3.05) is 0 Å². The molecule has 0 N–H and O–H groups in total. The van der Waals surface area contributed by atoms with Crippen molar-refractivity contribution in [2.24, 2.45) is 0 Å². The highest BCUT2D eigenvalue weighted by atomic mass is 32.1. The normalized spacial score (nSPS) is 13.4. The summed E-state index contributed by atoms with van der Waals surface area (Å²) in [5, 5.41) is 30.3. The smallest absolute Gasteiger partial charge is 0.137 e. The number of rotatable bonds is 4. The van der Waals surface area contributed by atoms with Crippen molar-refractivity contribution in [1.29, 1.82) is 0 Å². The summed E-state index contributed by atoms with van der Waals surface area (Å²) in [5.41, 5.74) is 27.7. The zero-order chi connectivity index (χ0) is 83.1. The van der Waals surface area contributed by atoms with Gasteiger partial charge in [0.15, 0.2) is 0 Å². The van der Waals surface area contributed by atoms with Crippen LogP contribution in [0.5, 0.6) is 0 Å². The number of nitrogens with zero attached hydrogens (tertiary/aromatic N) is 3. The van der Waals surface area contributed by atoms with Gasteiger partial charge in [-0.3, -0.25) is 0 Å². The second kappa shape index (κ2) is 26.5. The van der Waals surface area contributed by atoms with E-state index in [0.29, 0.717) is 0 Å². The Balaban J connectivity index is 0.0000000983. The third-order valence-electron chi connectivity index (χ3n) is 28.3. The van der Waals surface area contributed by atoms with E-state index < -0.39 is 0 Å². The van der Waals surface area contributed by atoms with Crippen LogP contribution >= 0.6 is 11.3 Å². The molecule has 0 amide bonds. The van der Waals surface area contributed by atoms with Crippen LogP contribution < -0.4 is 0 Å². The maximum atomic E-state index is 6.58. The highest BCUT2D eigenvalue weighted by molar-refractivity contribution is 7.26. The highest BCUT2D eigenvalue weighted by Gasteiger charge is 2.38. The molecular weight excluding hydrogens is 1550 g/mol. The quantitative estimate of drug-likeness (QED) is 0.176. The Morgan fingerprint density at radius 1 is 0.198 bits per heavy atom. The average molecular weight is 1630 g/mol. The Kier molecular flexibility index (Phi) is 14.9. The number of thiophene rings is 1. The van der Waals surface area contributed by atoms with Gasteiger partial charge in [-0.2, -0.15) is 0 Å². The fourth-order valence-corrected chi connectivity index (χ4v) is 23.6. The molecule has 6 heterocycles. The minimum atomic E-state index is -0.0690. The van der Waals surface area contributed by atoms with E-state index in [1.165, 1.54) is 217 Å². The van der Waals surface area contributed by atoms with Gasteiger partial charge in [0, 0.05) is 114 Å². The second-order valence-corrected chi connectivity index (χ2v) is 36.7. The van der Waals surface area contributed by atoms with Crippen molar-refractivity contribution in [3.05, 3.63) is 417 Å². The Morgan fingerprint density at radius 3 is 1.00 bits per heavy atom. The largest absolute Gasteiger partial charge is 0.456 e. The van der Waals surface area contributed by atoms with E-state index >= 15 is 0 Å². The van der Waals surface area contributed by atoms with Gasteiger partial charge in [0.2, 0.25) is 0 Å². The zero-order valence-electron chi connectivity index (χ0n) is 69.6. The van der Waals surface area contributed by atoms with Crippen LogP contribution in [0, 0.1) is 0 Å². The average Bonchev–Trinajstić information content (AvgIpc) is 1.56. The molecule has 590 valence electrons. The predicted octanol–water partition coefficient (Wildman–Crippen LogP) is 33.7. The first-order valence-corrected chi connectivity index (χ1v) is 44.6. The molecule has 2 aliphatic rings. The Bertz CT molecular complexity index is 9070. The van der Waals surface area contributed by atoms with E-state index in [4.69, 9.17) is 8.83 Å². The Morgan fingerprint density at radius 2 is 0.548 bits per heavy atom. The molecule has 27 aromatic rings. The first-order valence-electron chi connectivity index (χ1n) is 43.7. The molecule has 0 aliphatic heterocycles. The zero-order valence-corrected chi connectivity index (χ0v) is 70.4. The van der Waals surface area contributed by atoms with Gasteiger partial charge in [0.25, 0.3) is 0 Å². The maximum absolute atomic E-state index is 6.58. The SMILES string of the molecule is CC1(C)c2ccccc2-c2ccc(-n3c4cc5oc6ccc7ccccc7c6c5cc4c4c5ccccc5ccc43)cc21.CC1(C)c2ccccc2-c2ccc(-n3c4cc5sc6ccc7ccccc7c6c5cc4c4c5ccccc5ccc43)cc21.c1ccc(-c2cccc(-n3c4cc5oc6ccc7ccccc7c6c5cc4c4c5ccccc5ccc43)c2)cc1. The predicted molar refractivity (Wildman–Crippen MR) is 535 cm³/mol. The number of hydrogen-bond donors (Lipinski definition) is 0. The van der Waals surface area contributed by atoms with Gasteiger partial charge in [-0.15, -0.1) is 11.3 Å². The van der Waals surface area contributed by atoms with Gasteiger partial charge >= 0.3 is 0 Å². The van der Waals surface area contributed by atoms with Crippen molar-refractivity contribution in [2.45, 2.75) is 38.5 Å². The Hall–Kier alpha value is -15.6. The molecular formula is C120H77N3O2S. The van der Waals surface area contributed by atoms with Crippen molar-refractivity contribution < 1.29 is 8.83 Å². The first kappa shape index (κ1) is 71.0. The van der Waals surface area contributed by atoms with Crippen LogP contribution in [0.3, 0.4) is 0 Å². The monoisotopic (exact) mass is 1620 g/mol. The first-order chi connectivity index (χ1) is 62.0. The van der Waals surface area contributed by atoms with Gasteiger partial charge in [-0.1, -0.05) is 313 Å². The highest BCUT2D eigenvalue weighted by Crippen LogP contribution is 2.54. The molecule has 126 heavy (non-hydrogen) atoms. The van der Waals surface area contributed by atoms with Crippen LogP contribution in [0.1, 0.15) is 49.9 Å². The molecule has 0 saturated heterocycles. The molecule has 0 bridgehead atoms. The van der Waals surface area contributed by atoms with E-state index in [9.17, 15) is 0 Å². The van der Waals surface area contributed by atoms with E-state index in [2.05, 4.69) is 436 Å². The molecule has 6 heteroatoms. The van der Waals surface area contributed by atoms with Crippen LogP contribution in [-0.4, -0.2) is 13.7 Å². The van der Waals surface area contributed by atoms with Crippen molar-refractivity contribution >= 4 is 205 Å². The van der Waals surface area contributed by atoms with Crippen LogP contribution in [0.2, 0.25) is 0 Å². The van der Waals surface area contributed by atoms with Crippen LogP contribution in [0.4, 0.5) is 0 Å². The fourth-order valence-electron chi connectivity index (χ4n) is 22.4. The molecule has 2 aliphatic carbocycles. The summed E-state index contributed by atoms with van der Waals surface area (Å²) >= 11 is 1.91. The number of fused-ring (bicyclic) bond motifs is 36. The van der Waals surface area contributed by atoms with Gasteiger partial charge in [0.05, 0.1) is 33.1 Å². The summed E-state index contributed by atoms with van der Waals surface area (Å²) in [6, 6.07) is 145. The molecule has 5 nitrogen and oxygen atoms in total. The molecule has 0 radical (unpaired) electrons. The van der Waals surface area contributed by atoms with E-state index in [-0.39, 0.29) is 10.8 Å². The summed E-state index contributed by atoms with van der Waals surface area (Å²) in [4.78, 5) is 0. The summed E-state index contributed by atoms with van der Waals surface area (Å²) in [6.45, 7) is 9.43. The maximum Gasteiger partial charge on any atom is 0.137 e. The third-order valence-corrected chi connectivity index (χ3v) is 29.4. The number of aromatic nitrogens is 3. The lowest BCUT2D eigenvalue weighted by Gasteiger charge is -2.22. The van der Waals surface area contributed by atoms with Crippen LogP contribution in [0.25, 0.3) is 245 Å². The minimum Gasteiger partial charge on any atom is -0.456 e. The lowest BCUT2D eigenvalue weighted by Crippen LogP contribution is -2.15. The molecule has 0 spiro atoms.